The Morgan fingerprint density at radius 2 is 2.22 bits per heavy atom. The minimum atomic E-state index is -0.522. The molecular formula is C13H21N3OS. The van der Waals surface area contributed by atoms with E-state index in [9.17, 15) is 4.79 Å². The van der Waals surface area contributed by atoms with E-state index >= 15 is 0 Å². The molecule has 3 N–H and O–H groups in total. The van der Waals surface area contributed by atoms with E-state index in [2.05, 4.69) is 10.2 Å². The van der Waals surface area contributed by atoms with Crippen molar-refractivity contribution in [3.05, 3.63) is 22.4 Å². The Hall–Kier alpha value is -0.910. The van der Waals surface area contributed by atoms with Crippen LogP contribution in [-0.4, -0.2) is 37.0 Å². The molecule has 100 valence electrons. The zero-order chi connectivity index (χ0) is 12.8. The maximum Gasteiger partial charge on any atom is 0.242 e. The molecule has 0 spiro atoms. The summed E-state index contributed by atoms with van der Waals surface area (Å²) in [5.41, 5.74) is 5.89. The van der Waals surface area contributed by atoms with Crippen LogP contribution in [-0.2, 0) is 4.79 Å². The maximum absolute atomic E-state index is 11.8. The van der Waals surface area contributed by atoms with Crippen molar-refractivity contribution in [1.29, 1.82) is 0 Å². The Morgan fingerprint density at radius 3 is 2.89 bits per heavy atom. The number of nitrogens with two attached hydrogens (primary N) is 1. The van der Waals surface area contributed by atoms with Gasteiger partial charge in [0.25, 0.3) is 0 Å². The third-order valence-electron chi connectivity index (χ3n) is 3.31. The molecule has 1 atom stereocenters. The van der Waals surface area contributed by atoms with Gasteiger partial charge in [-0.1, -0.05) is 12.5 Å². The molecule has 1 amide bonds. The zero-order valence-electron chi connectivity index (χ0n) is 10.6. The predicted molar refractivity (Wildman–Crippen MR) is 74.5 cm³/mol. The lowest BCUT2D eigenvalue weighted by Crippen LogP contribution is -2.40. The van der Waals surface area contributed by atoms with E-state index in [1.807, 2.05) is 17.5 Å². The van der Waals surface area contributed by atoms with E-state index in [0.717, 1.165) is 24.5 Å². The Morgan fingerprint density at radius 1 is 1.44 bits per heavy atom. The predicted octanol–water partition coefficient (Wildman–Crippen LogP) is 1.35. The number of carbonyl (C=O) groups is 1. The van der Waals surface area contributed by atoms with Gasteiger partial charge in [-0.25, -0.2) is 0 Å². The number of nitrogens with one attached hydrogen (secondary N) is 1. The van der Waals surface area contributed by atoms with Crippen LogP contribution in [0.25, 0.3) is 0 Å². The van der Waals surface area contributed by atoms with Gasteiger partial charge in [0, 0.05) is 18.0 Å². The molecular weight excluding hydrogens is 246 g/mol. The third-order valence-corrected chi connectivity index (χ3v) is 4.26. The summed E-state index contributed by atoms with van der Waals surface area (Å²) >= 11 is 1.52. The fraction of sp³-hybridized carbons (Fsp3) is 0.615. The molecule has 1 saturated heterocycles. The molecule has 5 heteroatoms. The van der Waals surface area contributed by atoms with Crippen LogP contribution in [0, 0.1) is 0 Å². The van der Waals surface area contributed by atoms with Crippen LogP contribution in [0.5, 0.6) is 0 Å². The summed E-state index contributed by atoms with van der Waals surface area (Å²) in [6.07, 6.45) is 3.90. The van der Waals surface area contributed by atoms with Crippen LogP contribution < -0.4 is 11.1 Å². The van der Waals surface area contributed by atoms with Crippen LogP contribution in [0.2, 0.25) is 0 Å². The van der Waals surface area contributed by atoms with Crippen molar-refractivity contribution in [2.75, 3.05) is 26.2 Å². The van der Waals surface area contributed by atoms with Crippen molar-refractivity contribution in [3.63, 3.8) is 0 Å². The van der Waals surface area contributed by atoms with Crippen molar-refractivity contribution in [1.82, 2.24) is 10.2 Å². The molecule has 18 heavy (non-hydrogen) atoms. The number of piperidine rings is 1. The molecule has 4 nitrogen and oxygen atoms in total. The van der Waals surface area contributed by atoms with Crippen molar-refractivity contribution in [2.24, 2.45) is 5.73 Å². The molecule has 1 aromatic rings. The summed E-state index contributed by atoms with van der Waals surface area (Å²) < 4.78 is 0. The van der Waals surface area contributed by atoms with Gasteiger partial charge in [-0.15, -0.1) is 11.3 Å². The van der Waals surface area contributed by atoms with Gasteiger partial charge in [0.1, 0.15) is 6.04 Å². The number of nitrogens with zero attached hydrogens (tertiary/aromatic N) is 1. The molecule has 1 aliphatic rings. The summed E-state index contributed by atoms with van der Waals surface area (Å²) in [5.74, 6) is -0.0746. The number of carbonyl (C=O) groups excluding carboxylic acids is 1. The van der Waals surface area contributed by atoms with E-state index in [1.54, 1.807) is 0 Å². The maximum atomic E-state index is 11.8. The Bertz CT molecular complexity index is 360. The minimum Gasteiger partial charge on any atom is -0.353 e. The van der Waals surface area contributed by atoms with E-state index < -0.39 is 6.04 Å². The highest BCUT2D eigenvalue weighted by atomic mass is 32.1. The van der Waals surface area contributed by atoms with Gasteiger partial charge in [-0.3, -0.25) is 4.79 Å². The average Bonchev–Trinajstić information content (AvgIpc) is 2.93. The van der Waals surface area contributed by atoms with Gasteiger partial charge in [0.15, 0.2) is 0 Å². The summed E-state index contributed by atoms with van der Waals surface area (Å²) in [7, 11) is 0. The van der Waals surface area contributed by atoms with E-state index in [-0.39, 0.29) is 5.91 Å². The molecule has 0 aliphatic carbocycles. The van der Waals surface area contributed by atoms with Crippen LogP contribution in [0.3, 0.4) is 0 Å². The van der Waals surface area contributed by atoms with Gasteiger partial charge in [0.05, 0.1) is 0 Å². The first-order chi connectivity index (χ1) is 8.77. The smallest absolute Gasteiger partial charge is 0.242 e. The minimum absolute atomic E-state index is 0.0746. The van der Waals surface area contributed by atoms with Crippen molar-refractivity contribution in [3.8, 4) is 0 Å². The van der Waals surface area contributed by atoms with E-state index in [4.69, 9.17) is 5.73 Å². The highest BCUT2D eigenvalue weighted by molar-refractivity contribution is 7.10. The highest BCUT2D eigenvalue weighted by Gasteiger charge is 2.16. The largest absolute Gasteiger partial charge is 0.353 e. The van der Waals surface area contributed by atoms with Crippen LogP contribution in [0.15, 0.2) is 17.5 Å². The quantitative estimate of drug-likeness (QED) is 0.846. The molecule has 2 rings (SSSR count). The number of rotatable bonds is 5. The normalized spacial score (nSPS) is 18.5. The monoisotopic (exact) mass is 267 g/mol. The third kappa shape index (κ3) is 3.80. The lowest BCUT2D eigenvalue weighted by molar-refractivity contribution is -0.122. The molecule has 2 heterocycles. The molecule has 0 radical (unpaired) electrons. The van der Waals surface area contributed by atoms with Crippen molar-refractivity contribution >= 4 is 17.2 Å². The van der Waals surface area contributed by atoms with Gasteiger partial charge in [-0.2, -0.15) is 0 Å². The second-order valence-electron chi connectivity index (χ2n) is 4.69. The first kappa shape index (κ1) is 13.5. The number of likely N-dealkylation sites (tertiary alicyclic amines) is 1. The Balaban J connectivity index is 1.68. The second kappa shape index (κ2) is 6.87. The summed E-state index contributed by atoms with van der Waals surface area (Å²) in [5, 5.41) is 4.86. The fourth-order valence-corrected chi connectivity index (χ4v) is 2.95. The summed E-state index contributed by atoms with van der Waals surface area (Å²) in [6.45, 7) is 3.94. The lowest BCUT2D eigenvalue weighted by atomic mass is 10.1. The van der Waals surface area contributed by atoms with Gasteiger partial charge in [0.2, 0.25) is 5.91 Å². The number of hydrogen-bond acceptors (Lipinski definition) is 4. The van der Waals surface area contributed by atoms with E-state index in [1.165, 1.54) is 30.6 Å². The second-order valence-corrected chi connectivity index (χ2v) is 5.67. The molecule has 1 unspecified atom stereocenters. The van der Waals surface area contributed by atoms with Crippen molar-refractivity contribution in [2.45, 2.75) is 25.3 Å². The first-order valence-electron chi connectivity index (χ1n) is 6.56. The first-order valence-corrected chi connectivity index (χ1v) is 7.44. The van der Waals surface area contributed by atoms with Gasteiger partial charge < -0.3 is 16.0 Å². The molecule has 0 saturated carbocycles. The Kier molecular flexibility index (Phi) is 5.16. The zero-order valence-corrected chi connectivity index (χ0v) is 11.4. The molecule has 0 aromatic carbocycles. The lowest BCUT2D eigenvalue weighted by Gasteiger charge is -2.26. The van der Waals surface area contributed by atoms with Crippen LogP contribution in [0.4, 0.5) is 0 Å². The molecule has 1 fully saturated rings. The topological polar surface area (TPSA) is 58.4 Å². The van der Waals surface area contributed by atoms with Crippen molar-refractivity contribution < 1.29 is 4.79 Å². The number of hydrogen-bond donors (Lipinski definition) is 2. The number of thiophene rings is 1. The molecule has 1 aromatic heterocycles. The standard InChI is InChI=1S/C13H21N3OS/c14-12(11-5-4-10-18-11)13(17)15-6-9-16-7-2-1-3-8-16/h4-5,10,12H,1-3,6-9,14H2,(H,15,17). The number of amides is 1. The Labute approximate surface area is 112 Å². The van der Waals surface area contributed by atoms with Gasteiger partial charge >= 0.3 is 0 Å². The fourth-order valence-electron chi connectivity index (χ4n) is 2.23. The molecule has 0 bridgehead atoms. The average molecular weight is 267 g/mol. The van der Waals surface area contributed by atoms with Gasteiger partial charge in [-0.05, 0) is 37.4 Å². The van der Waals surface area contributed by atoms with Crippen LogP contribution >= 0.6 is 11.3 Å². The SMILES string of the molecule is NC(C(=O)NCCN1CCCCC1)c1cccs1. The summed E-state index contributed by atoms with van der Waals surface area (Å²) in [6, 6.07) is 3.30. The molecule has 1 aliphatic heterocycles. The van der Waals surface area contributed by atoms with Crippen LogP contribution in [0.1, 0.15) is 30.2 Å². The summed E-state index contributed by atoms with van der Waals surface area (Å²) in [4.78, 5) is 15.2. The highest BCUT2D eigenvalue weighted by Crippen LogP contribution is 2.16. The van der Waals surface area contributed by atoms with E-state index in [0.29, 0.717) is 6.54 Å².